The Hall–Kier alpha value is -2.89. The van der Waals surface area contributed by atoms with E-state index in [9.17, 15) is 14.4 Å². The fourth-order valence-corrected chi connectivity index (χ4v) is 4.80. The van der Waals surface area contributed by atoms with E-state index in [4.69, 9.17) is 21.1 Å². The Kier molecular flexibility index (Phi) is 8.01. The van der Waals surface area contributed by atoms with Crippen LogP contribution in [0.3, 0.4) is 0 Å². The Morgan fingerprint density at radius 2 is 1.83 bits per heavy atom. The minimum absolute atomic E-state index is 0.199. The van der Waals surface area contributed by atoms with E-state index >= 15 is 0 Å². The van der Waals surface area contributed by atoms with Crippen molar-refractivity contribution in [3.63, 3.8) is 0 Å². The van der Waals surface area contributed by atoms with Crippen molar-refractivity contribution in [2.75, 3.05) is 12.0 Å². The van der Waals surface area contributed by atoms with Crippen molar-refractivity contribution in [2.45, 2.75) is 13.5 Å². The number of carbonyl (C=O) groups is 3. The summed E-state index contributed by atoms with van der Waals surface area (Å²) in [5.74, 6) is -0.564. The summed E-state index contributed by atoms with van der Waals surface area (Å²) >= 11 is 11.7. The van der Waals surface area contributed by atoms with Gasteiger partial charge in [-0.25, -0.2) is 9.69 Å². The second-order valence-corrected chi connectivity index (χ2v) is 10.3. The molecule has 7 nitrogen and oxygen atoms in total. The fourth-order valence-electron chi connectivity index (χ4n) is 3.58. The zero-order valence-electron chi connectivity index (χ0n) is 19.1. The normalized spacial score (nSPS) is 14.8. The molecule has 3 aromatic rings. The van der Waals surface area contributed by atoms with Gasteiger partial charge in [0.25, 0.3) is 11.8 Å². The summed E-state index contributed by atoms with van der Waals surface area (Å²) < 4.78 is 13.2. The molecule has 0 saturated carbocycles. The van der Waals surface area contributed by atoms with Gasteiger partial charge in [-0.1, -0.05) is 45.7 Å². The van der Waals surface area contributed by atoms with Crippen LogP contribution in [0.25, 0.3) is 6.08 Å². The van der Waals surface area contributed by atoms with E-state index in [0.29, 0.717) is 39.9 Å². The number of anilines is 1. The molecule has 4 rings (SSSR count). The highest BCUT2D eigenvalue weighted by Gasteiger charge is 2.37. The van der Waals surface area contributed by atoms with Crippen LogP contribution in [0.1, 0.15) is 16.7 Å². The molecule has 1 heterocycles. The molecule has 10 heteroatoms. The summed E-state index contributed by atoms with van der Waals surface area (Å²) in [7, 11) is 1.51. The predicted molar refractivity (Wildman–Crippen MR) is 149 cm³/mol. The standard InChI is InChI=1S/C26H19BrClIN2O5/c1-14-19(28)4-3-5-21(14)31-25(33)18(24(32)30-26(31)34)10-16-11-20(29)23(22(12-16)35-2)36-13-15-6-8-17(27)9-7-15/h3-12H,13H2,1-2H3,(H,30,32,34)/b18-10+. The van der Waals surface area contributed by atoms with Crippen molar-refractivity contribution in [2.24, 2.45) is 0 Å². The average molecular weight is 682 g/mol. The van der Waals surface area contributed by atoms with Gasteiger partial charge in [-0.3, -0.25) is 14.9 Å². The molecular weight excluding hydrogens is 663 g/mol. The zero-order valence-corrected chi connectivity index (χ0v) is 23.6. The van der Waals surface area contributed by atoms with Crippen molar-refractivity contribution in [3.05, 3.63) is 89.9 Å². The number of carbonyl (C=O) groups excluding carboxylic acids is 3. The van der Waals surface area contributed by atoms with E-state index < -0.39 is 17.8 Å². The van der Waals surface area contributed by atoms with Gasteiger partial charge in [0, 0.05) is 9.50 Å². The molecule has 0 unspecified atom stereocenters. The summed E-state index contributed by atoms with van der Waals surface area (Å²) in [6.45, 7) is 2.02. The molecule has 1 aliphatic heterocycles. The van der Waals surface area contributed by atoms with E-state index in [2.05, 4.69) is 43.8 Å². The van der Waals surface area contributed by atoms with Crippen LogP contribution >= 0.6 is 50.1 Å². The van der Waals surface area contributed by atoms with Crippen LogP contribution < -0.4 is 19.7 Å². The lowest BCUT2D eigenvalue weighted by atomic mass is 10.1. The highest BCUT2D eigenvalue weighted by atomic mass is 127. The van der Waals surface area contributed by atoms with Gasteiger partial charge < -0.3 is 9.47 Å². The first kappa shape index (κ1) is 26.2. The molecule has 0 aliphatic carbocycles. The molecule has 1 aliphatic rings. The van der Waals surface area contributed by atoms with Gasteiger partial charge in [-0.05, 0) is 88.7 Å². The molecule has 0 bridgehead atoms. The lowest BCUT2D eigenvalue weighted by molar-refractivity contribution is -0.122. The Morgan fingerprint density at radius 1 is 1.11 bits per heavy atom. The second kappa shape index (κ2) is 11.0. The van der Waals surface area contributed by atoms with Crippen molar-refractivity contribution in [3.8, 4) is 11.5 Å². The van der Waals surface area contributed by atoms with Crippen molar-refractivity contribution in [1.82, 2.24) is 5.32 Å². The quantitative estimate of drug-likeness (QED) is 0.189. The van der Waals surface area contributed by atoms with E-state index in [1.54, 1.807) is 37.3 Å². The molecule has 3 aromatic carbocycles. The Labute approximate surface area is 234 Å². The monoisotopic (exact) mass is 680 g/mol. The summed E-state index contributed by atoms with van der Waals surface area (Å²) in [5.41, 5.74) is 2.15. The third kappa shape index (κ3) is 5.42. The van der Waals surface area contributed by atoms with E-state index in [-0.39, 0.29) is 5.57 Å². The number of urea groups is 1. The maximum Gasteiger partial charge on any atom is 0.335 e. The summed E-state index contributed by atoms with van der Waals surface area (Å²) in [6.07, 6.45) is 1.42. The number of hydrogen-bond acceptors (Lipinski definition) is 5. The third-order valence-electron chi connectivity index (χ3n) is 5.44. The van der Waals surface area contributed by atoms with Gasteiger partial charge in [0.1, 0.15) is 12.2 Å². The predicted octanol–water partition coefficient (Wildman–Crippen LogP) is 6.27. The van der Waals surface area contributed by atoms with Crippen molar-refractivity contribution < 1.29 is 23.9 Å². The van der Waals surface area contributed by atoms with E-state index in [1.165, 1.54) is 13.2 Å². The van der Waals surface area contributed by atoms with Gasteiger partial charge in [-0.2, -0.15) is 0 Å². The smallest absolute Gasteiger partial charge is 0.335 e. The second-order valence-electron chi connectivity index (χ2n) is 7.79. The zero-order chi connectivity index (χ0) is 26.0. The third-order valence-corrected chi connectivity index (χ3v) is 7.18. The SMILES string of the molecule is COc1cc(/C=C2\C(=O)NC(=O)N(c3cccc(Cl)c3C)C2=O)cc(I)c1OCc1ccc(Br)cc1. The lowest BCUT2D eigenvalue weighted by Crippen LogP contribution is -2.54. The minimum Gasteiger partial charge on any atom is -0.493 e. The van der Waals surface area contributed by atoms with Crippen LogP contribution in [0.2, 0.25) is 5.02 Å². The number of amides is 4. The maximum atomic E-state index is 13.3. The van der Waals surface area contributed by atoms with E-state index in [0.717, 1.165) is 18.5 Å². The summed E-state index contributed by atoms with van der Waals surface area (Å²) in [5, 5.41) is 2.62. The molecule has 0 atom stereocenters. The number of halogens is 3. The highest BCUT2D eigenvalue weighted by Crippen LogP contribution is 2.36. The molecule has 1 saturated heterocycles. The van der Waals surface area contributed by atoms with Crippen LogP contribution in [0.4, 0.5) is 10.5 Å². The van der Waals surface area contributed by atoms with Gasteiger partial charge >= 0.3 is 6.03 Å². The Morgan fingerprint density at radius 3 is 2.53 bits per heavy atom. The number of benzene rings is 3. The lowest BCUT2D eigenvalue weighted by Gasteiger charge is -2.27. The van der Waals surface area contributed by atoms with Crippen LogP contribution in [-0.4, -0.2) is 25.0 Å². The molecule has 184 valence electrons. The molecular formula is C26H19BrClIN2O5. The first-order valence-corrected chi connectivity index (χ1v) is 12.9. The first-order chi connectivity index (χ1) is 17.2. The number of hydrogen-bond donors (Lipinski definition) is 1. The molecule has 36 heavy (non-hydrogen) atoms. The van der Waals surface area contributed by atoms with Crippen LogP contribution in [0.15, 0.2) is 64.6 Å². The number of nitrogens with zero attached hydrogens (tertiary/aromatic N) is 1. The van der Waals surface area contributed by atoms with Gasteiger partial charge in [0.05, 0.1) is 16.4 Å². The van der Waals surface area contributed by atoms with Crippen LogP contribution in [-0.2, 0) is 16.2 Å². The number of imide groups is 2. The summed E-state index contributed by atoms with van der Waals surface area (Å²) in [6, 6.07) is 15.2. The van der Waals surface area contributed by atoms with Gasteiger partial charge in [-0.15, -0.1) is 0 Å². The minimum atomic E-state index is -0.837. The number of nitrogens with one attached hydrogen (secondary N) is 1. The molecule has 1 N–H and O–H groups in total. The number of rotatable bonds is 6. The molecule has 0 radical (unpaired) electrons. The van der Waals surface area contributed by atoms with Crippen molar-refractivity contribution >= 4 is 79.7 Å². The van der Waals surface area contributed by atoms with Crippen molar-refractivity contribution in [1.29, 1.82) is 0 Å². The highest BCUT2D eigenvalue weighted by molar-refractivity contribution is 14.1. The van der Waals surface area contributed by atoms with Crippen LogP contribution in [0, 0.1) is 10.5 Å². The number of methoxy groups -OCH3 is 1. The average Bonchev–Trinajstić information content (AvgIpc) is 2.84. The number of barbiturate groups is 1. The van der Waals surface area contributed by atoms with Gasteiger partial charge in [0.2, 0.25) is 0 Å². The Bertz CT molecular complexity index is 1410. The first-order valence-electron chi connectivity index (χ1n) is 10.6. The fraction of sp³-hybridized carbons (Fsp3) is 0.115. The van der Waals surface area contributed by atoms with Crippen LogP contribution in [0.5, 0.6) is 11.5 Å². The largest absolute Gasteiger partial charge is 0.493 e. The maximum absolute atomic E-state index is 13.3. The molecule has 0 aromatic heterocycles. The number of ether oxygens (including phenoxy) is 2. The molecule has 4 amide bonds. The molecule has 0 spiro atoms. The summed E-state index contributed by atoms with van der Waals surface area (Å²) in [4.78, 5) is 39.3. The Balaban J connectivity index is 1.66. The molecule has 1 fully saturated rings. The van der Waals surface area contributed by atoms with Gasteiger partial charge in [0.15, 0.2) is 11.5 Å². The van der Waals surface area contributed by atoms with E-state index in [1.807, 2.05) is 24.3 Å². The topological polar surface area (TPSA) is 84.9 Å².